The molecule has 5 nitrogen and oxygen atoms in total. The van der Waals surface area contributed by atoms with Crippen molar-refractivity contribution in [2.24, 2.45) is 0 Å². The first kappa shape index (κ1) is 7.20. The first-order chi connectivity index (χ1) is 4.68. The lowest BCUT2D eigenvalue weighted by Crippen LogP contribution is -2.08. The molecule has 0 aliphatic carbocycles. The Bertz CT molecular complexity index is 246. The van der Waals surface area contributed by atoms with Gasteiger partial charge in [0.25, 0.3) is 0 Å². The number of rotatable bonds is 2. The van der Waals surface area contributed by atoms with Gasteiger partial charge in [-0.2, -0.15) is 0 Å². The van der Waals surface area contributed by atoms with Gasteiger partial charge >= 0.3 is 5.97 Å². The molecule has 0 aliphatic heterocycles. The molecule has 0 aromatic carbocycles. The molecule has 0 saturated carbocycles. The molecule has 1 aromatic rings. The third-order valence-corrected chi connectivity index (χ3v) is 1.17. The fourth-order valence-electron chi connectivity index (χ4n) is 0.487. The van der Waals surface area contributed by atoms with E-state index in [1.54, 1.807) is 0 Å². The number of hydrogen-bond donors (Lipinski definition) is 1. The number of carboxylic acid groups (broad SMARTS) is 1. The molecular weight excluding hydrogens is 202 g/mol. The van der Waals surface area contributed by atoms with Crippen molar-refractivity contribution in [3.63, 3.8) is 0 Å². The fourth-order valence-corrected chi connectivity index (χ4v) is 0.782. The molecule has 0 spiro atoms. The molecule has 10 heavy (non-hydrogen) atoms. The van der Waals surface area contributed by atoms with Crippen molar-refractivity contribution in [2.45, 2.75) is 6.54 Å². The Labute approximate surface area is 64.8 Å². The molecule has 0 aliphatic rings. The van der Waals surface area contributed by atoms with Crippen molar-refractivity contribution in [1.29, 1.82) is 0 Å². The van der Waals surface area contributed by atoms with Gasteiger partial charge in [-0.25, -0.2) is 9.67 Å². The topological polar surface area (TPSA) is 68.0 Å². The normalized spacial score (nSPS) is 9.70. The van der Waals surface area contributed by atoms with E-state index < -0.39 is 5.97 Å². The molecule has 0 radical (unpaired) electrons. The van der Waals surface area contributed by atoms with E-state index in [1.165, 1.54) is 11.0 Å². The van der Waals surface area contributed by atoms with E-state index in [4.69, 9.17) is 5.11 Å². The molecule has 0 bridgehead atoms. The Morgan fingerprint density at radius 2 is 2.60 bits per heavy atom. The molecule has 0 fully saturated rings. The van der Waals surface area contributed by atoms with Crippen molar-refractivity contribution < 1.29 is 9.90 Å². The Morgan fingerprint density at radius 1 is 1.90 bits per heavy atom. The van der Waals surface area contributed by atoms with Crippen molar-refractivity contribution in [3.05, 3.63) is 11.1 Å². The number of hydrogen-bond acceptors (Lipinski definition) is 3. The molecule has 1 N–H and O–H groups in total. The summed E-state index contributed by atoms with van der Waals surface area (Å²) in [5.41, 5.74) is 0. The van der Waals surface area contributed by atoms with Gasteiger partial charge in [0.05, 0.1) is 0 Å². The molecule has 54 valence electrons. The summed E-state index contributed by atoms with van der Waals surface area (Å²) < 4.78 is 1.63. The maximum atomic E-state index is 10.1. The maximum Gasteiger partial charge on any atom is 0.325 e. The predicted molar refractivity (Wildman–Crippen MR) is 35.4 cm³/mol. The average Bonchev–Trinajstić information content (AvgIpc) is 2.13. The highest BCUT2D eigenvalue weighted by molar-refractivity contribution is 9.10. The van der Waals surface area contributed by atoms with Crippen LogP contribution in [0.4, 0.5) is 0 Å². The maximum absolute atomic E-state index is 10.1. The van der Waals surface area contributed by atoms with Crippen molar-refractivity contribution >= 4 is 21.9 Å². The third-order valence-electron chi connectivity index (χ3n) is 0.806. The van der Waals surface area contributed by atoms with Crippen LogP contribution < -0.4 is 0 Å². The summed E-state index contributed by atoms with van der Waals surface area (Å²) in [4.78, 5) is 13.7. The SMILES string of the molecule is O=C(O)Cn1cnc(Br)n1. The van der Waals surface area contributed by atoms with Crippen molar-refractivity contribution in [1.82, 2.24) is 14.8 Å². The van der Waals surface area contributed by atoms with Gasteiger partial charge in [0.1, 0.15) is 12.9 Å². The van der Waals surface area contributed by atoms with Crippen LogP contribution in [0.5, 0.6) is 0 Å². The van der Waals surface area contributed by atoms with Crippen LogP contribution in [0, 0.1) is 0 Å². The number of aromatic nitrogens is 3. The lowest BCUT2D eigenvalue weighted by atomic mass is 10.7. The van der Waals surface area contributed by atoms with Crippen LogP contribution in [-0.4, -0.2) is 25.8 Å². The summed E-state index contributed by atoms with van der Waals surface area (Å²) in [7, 11) is 0. The molecule has 1 rings (SSSR count). The van der Waals surface area contributed by atoms with Crippen LogP contribution in [0.1, 0.15) is 0 Å². The zero-order valence-corrected chi connectivity index (χ0v) is 6.45. The van der Waals surface area contributed by atoms with Gasteiger partial charge in [0.15, 0.2) is 0 Å². The number of aliphatic carboxylic acids is 1. The highest BCUT2D eigenvalue weighted by atomic mass is 79.9. The number of carbonyl (C=O) groups is 1. The van der Waals surface area contributed by atoms with E-state index in [0.29, 0.717) is 4.73 Å². The fraction of sp³-hybridized carbons (Fsp3) is 0.250. The second-order valence-corrected chi connectivity index (χ2v) is 2.31. The zero-order valence-electron chi connectivity index (χ0n) is 4.86. The van der Waals surface area contributed by atoms with Gasteiger partial charge in [-0.1, -0.05) is 0 Å². The first-order valence-corrected chi connectivity index (χ1v) is 3.24. The van der Waals surface area contributed by atoms with Crippen LogP contribution in [0.3, 0.4) is 0 Å². The second-order valence-electron chi connectivity index (χ2n) is 1.60. The molecule has 0 atom stereocenters. The van der Waals surface area contributed by atoms with Crippen LogP contribution in [0.2, 0.25) is 0 Å². The summed E-state index contributed by atoms with van der Waals surface area (Å²) in [5.74, 6) is -0.933. The summed E-state index contributed by atoms with van der Waals surface area (Å²) in [6.07, 6.45) is 1.35. The standard InChI is InChI=1S/C4H4BrN3O2/c5-4-6-2-8(7-4)1-3(9)10/h2H,1H2,(H,9,10). The Hall–Kier alpha value is -0.910. The van der Waals surface area contributed by atoms with Gasteiger partial charge in [0, 0.05) is 0 Å². The summed E-state index contributed by atoms with van der Waals surface area (Å²) in [6, 6.07) is 0. The van der Waals surface area contributed by atoms with E-state index >= 15 is 0 Å². The molecule has 6 heteroatoms. The van der Waals surface area contributed by atoms with E-state index in [-0.39, 0.29) is 6.54 Å². The summed E-state index contributed by atoms with van der Waals surface area (Å²) >= 11 is 2.99. The van der Waals surface area contributed by atoms with Gasteiger partial charge in [-0.3, -0.25) is 4.79 Å². The van der Waals surface area contributed by atoms with Crippen molar-refractivity contribution in [3.8, 4) is 0 Å². The van der Waals surface area contributed by atoms with Crippen molar-refractivity contribution in [2.75, 3.05) is 0 Å². The van der Waals surface area contributed by atoms with Crippen LogP contribution in [0.15, 0.2) is 11.1 Å². The van der Waals surface area contributed by atoms with Crippen LogP contribution >= 0.6 is 15.9 Å². The largest absolute Gasteiger partial charge is 0.480 e. The molecule has 0 saturated heterocycles. The van der Waals surface area contributed by atoms with E-state index in [0.717, 1.165) is 0 Å². The minimum absolute atomic E-state index is 0.154. The number of carboxylic acids is 1. The molecular formula is C4H4BrN3O2. The zero-order chi connectivity index (χ0) is 7.56. The molecule has 1 heterocycles. The smallest absolute Gasteiger partial charge is 0.325 e. The van der Waals surface area contributed by atoms with Gasteiger partial charge in [-0.15, -0.1) is 5.10 Å². The van der Waals surface area contributed by atoms with E-state index in [1.807, 2.05) is 0 Å². The minimum Gasteiger partial charge on any atom is -0.480 e. The second kappa shape index (κ2) is 2.78. The Kier molecular flexibility index (Phi) is 2.00. The first-order valence-electron chi connectivity index (χ1n) is 2.45. The highest BCUT2D eigenvalue weighted by Crippen LogP contribution is 1.97. The summed E-state index contributed by atoms with van der Waals surface area (Å²) in [5, 5.41) is 12.0. The van der Waals surface area contributed by atoms with Gasteiger partial charge in [0.2, 0.25) is 4.73 Å². The van der Waals surface area contributed by atoms with Crippen LogP contribution in [-0.2, 0) is 11.3 Å². The molecule has 0 amide bonds. The third kappa shape index (κ3) is 1.80. The van der Waals surface area contributed by atoms with E-state index in [2.05, 4.69) is 26.0 Å². The highest BCUT2D eigenvalue weighted by Gasteiger charge is 2.00. The summed E-state index contributed by atoms with van der Waals surface area (Å²) in [6.45, 7) is -0.154. The minimum atomic E-state index is -0.933. The predicted octanol–water partition coefficient (Wildman–Crippen LogP) is 0.125. The Morgan fingerprint density at radius 3 is 3.00 bits per heavy atom. The number of nitrogens with zero attached hydrogens (tertiary/aromatic N) is 3. The Balaban J connectivity index is 2.67. The van der Waals surface area contributed by atoms with E-state index in [9.17, 15) is 4.79 Å². The van der Waals surface area contributed by atoms with Gasteiger partial charge < -0.3 is 5.11 Å². The molecule has 1 aromatic heterocycles. The monoisotopic (exact) mass is 205 g/mol. The quantitative estimate of drug-likeness (QED) is 0.746. The molecule has 0 unspecified atom stereocenters. The lowest BCUT2D eigenvalue weighted by Gasteiger charge is -1.90. The lowest BCUT2D eigenvalue weighted by molar-refractivity contribution is -0.137. The van der Waals surface area contributed by atoms with Crippen LogP contribution in [0.25, 0.3) is 0 Å². The number of halogens is 1. The average molecular weight is 206 g/mol. The van der Waals surface area contributed by atoms with Gasteiger partial charge in [-0.05, 0) is 15.9 Å².